The first-order chi connectivity index (χ1) is 11.5. The Bertz CT molecular complexity index is 585. The maximum atomic E-state index is 12.4. The summed E-state index contributed by atoms with van der Waals surface area (Å²) in [5.74, 6) is 0.472. The highest BCUT2D eigenvalue weighted by Crippen LogP contribution is 2.23. The van der Waals surface area contributed by atoms with Crippen molar-refractivity contribution in [2.24, 2.45) is 5.92 Å². The van der Waals surface area contributed by atoms with Gasteiger partial charge in [0.15, 0.2) is 0 Å². The number of amides is 1. The molecule has 1 aliphatic rings. The minimum Gasteiger partial charge on any atom is -0.493 e. The number of aliphatic carboxylic acids is 1. The summed E-state index contributed by atoms with van der Waals surface area (Å²) in [5, 5.41) is 8.79. The fourth-order valence-electron chi connectivity index (χ4n) is 3.14. The van der Waals surface area contributed by atoms with Crippen molar-refractivity contribution in [3.8, 4) is 5.75 Å². The van der Waals surface area contributed by atoms with E-state index in [4.69, 9.17) is 9.84 Å². The fraction of sp³-hybridized carbons (Fsp3) is 0.579. The Labute approximate surface area is 143 Å². The summed E-state index contributed by atoms with van der Waals surface area (Å²) >= 11 is 0. The quantitative estimate of drug-likeness (QED) is 0.832. The van der Waals surface area contributed by atoms with E-state index in [-0.39, 0.29) is 12.3 Å². The summed E-state index contributed by atoms with van der Waals surface area (Å²) in [5.41, 5.74) is 2.28. The number of ether oxygens (including phenoxy) is 1. The van der Waals surface area contributed by atoms with Crippen LogP contribution >= 0.6 is 0 Å². The average molecular weight is 333 g/mol. The molecule has 1 amide bonds. The Morgan fingerprint density at radius 3 is 2.83 bits per heavy atom. The van der Waals surface area contributed by atoms with Crippen molar-refractivity contribution in [3.63, 3.8) is 0 Å². The summed E-state index contributed by atoms with van der Waals surface area (Å²) in [4.78, 5) is 24.9. The van der Waals surface area contributed by atoms with Crippen LogP contribution in [-0.4, -0.2) is 41.6 Å². The number of piperidine rings is 1. The first-order valence-corrected chi connectivity index (χ1v) is 8.66. The van der Waals surface area contributed by atoms with E-state index in [1.807, 2.05) is 36.9 Å². The highest BCUT2D eigenvalue weighted by Gasteiger charge is 2.23. The lowest BCUT2D eigenvalue weighted by atomic mass is 9.93. The third kappa shape index (κ3) is 5.25. The first kappa shape index (κ1) is 18.3. The van der Waals surface area contributed by atoms with Gasteiger partial charge in [0, 0.05) is 19.5 Å². The van der Waals surface area contributed by atoms with Gasteiger partial charge in [0.25, 0.3) is 0 Å². The number of nitrogens with zero attached hydrogens (tertiary/aromatic N) is 1. The number of hydrogen-bond acceptors (Lipinski definition) is 3. The average Bonchev–Trinajstić information content (AvgIpc) is 2.57. The Kier molecular flexibility index (Phi) is 6.64. The van der Waals surface area contributed by atoms with Gasteiger partial charge in [0.2, 0.25) is 5.91 Å². The van der Waals surface area contributed by atoms with Gasteiger partial charge in [-0.2, -0.15) is 0 Å². The van der Waals surface area contributed by atoms with E-state index >= 15 is 0 Å². The van der Waals surface area contributed by atoms with Gasteiger partial charge in [0.05, 0.1) is 13.0 Å². The number of rotatable bonds is 7. The SMILES string of the molecule is Cc1cccc(OCCC(=O)N2CCCC(CCC(=O)O)C2)c1C. The topological polar surface area (TPSA) is 66.8 Å². The number of aryl methyl sites for hydroxylation is 1. The molecule has 1 unspecified atom stereocenters. The monoisotopic (exact) mass is 333 g/mol. The number of carboxylic acids is 1. The Morgan fingerprint density at radius 1 is 1.29 bits per heavy atom. The Hall–Kier alpha value is -2.04. The van der Waals surface area contributed by atoms with Crippen LogP contribution in [0.2, 0.25) is 0 Å². The smallest absolute Gasteiger partial charge is 0.303 e. The lowest BCUT2D eigenvalue weighted by Crippen LogP contribution is -2.40. The summed E-state index contributed by atoms with van der Waals surface area (Å²) < 4.78 is 5.76. The van der Waals surface area contributed by atoms with E-state index in [2.05, 4.69) is 0 Å². The van der Waals surface area contributed by atoms with E-state index in [0.29, 0.717) is 31.9 Å². The molecule has 1 N–H and O–H groups in total. The normalized spacial score (nSPS) is 17.6. The van der Waals surface area contributed by atoms with Crippen LogP contribution in [0.15, 0.2) is 18.2 Å². The molecule has 0 aromatic heterocycles. The van der Waals surface area contributed by atoms with Crippen molar-refractivity contribution in [1.82, 2.24) is 4.90 Å². The van der Waals surface area contributed by atoms with Crippen molar-refractivity contribution in [2.75, 3.05) is 19.7 Å². The minimum atomic E-state index is -0.764. The van der Waals surface area contributed by atoms with Crippen molar-refractivity contribution in [3.05, 3.63) is 29.3 Å². The van der Waals surface area contributed by atoms with Gasteiger partial charge in [0.1, 0.15) is 5.75 Å². The molecular formula is C19H27NO4. The molecule has 5 nitrogen and oxygen atoms in total. The number of carbonyl (C=O) groups excluding carboxylic acids is 1. The standard InChI is InChI=1S/C19H27NO4/c1-14-5-3-7-17(15(14)2)24-12-10-18(21)20-11-4-6-16(13-20)8-9-19(22)23/h3,5,7,16H,4,6,8-13H2,1-2H3,(H,22,23). The molecule has 1 aromatic rings. The molecule has 1 heterocycles. The summed E-state index contributed by atoms with van der Waals surface area (Å²) in [7, 11) is 0. The van der Waals surface area contributed by atoms with Crippen LogP contribution in [0.25, 0.3) is 0 Å². The molecule has 0 saturated carbocycles. The van der Waals surface area contributed by atoms with Crippen molar-refractivity contribution in [1.29, 1.82) is 0 Å². The molecule has 0 bridgehead atoms. The zero-order chi connectivity index (χ0) is 17.5. The lowest BCUT2D eigenvalue weighted by Gasteiger charge is -2.32. The number of carbonyl (C=O) groups is 2. The first-order valence-electron chi connectivity index (χ1n) is 8.66. The van der Waals surface area contributed by atoms with Gasteiger partial charge in [-0.15, -0.1) is 0 Å². The number of likely N-dealkylation sites (tertiary alicyclic amines) is 1. The molecule has 132 valence electrons. The molecule has 0 radical (unpaired) electrons. The van der Waals surface area contributed by atoms with Gasteiger partial charge in [-0.25, -0.2) is 0 Å². The van der Waals surface area contributed by atoms with Crippen LogP contribution in [0, 0.1) is 19.8 Å². The molecule has 2 rings (SSSR count). The van der Waals surface area contributed by atoms with E-state index in [1.54, 1.807) is 0 Å². The molecular weight excluding hydrogens is 306 g/mol. The van der Waals surface area contributed by atoms with Crippen molar-refractivity contribution in [2.45, 2.75) is 46.0 Å². The molecule has 24 heavy (non-hydrogen) atoms. The van der Waals surface area contributed by atoms with Gasteiger partial charge >= 0.3 is 5.97 Å². The predicted octanol–water partition coefficient (Wildman–Crippen LogP) is 3.18. The molecule has 0 spiro atoms. The van der Waals surface area contributed by atoms with Crippen molar-refractivity contribution < 1.29 is 19.4 Å². The number of hydrogen-bond donors (Lipinski definition) is 1. The fourth-order valence-corrected chi connectivity index (χ4v) is 3.14. The Morgan fingerprint density at radius 2 is 2.08 bits per heavy atom. The number of carboxylic acid groups (broad SMARTS) is 1. The third-order valence-corrected chi connectivity index (χ3v) is 4.77. The zero-order valence-electron chi connectivity index (χ0n) is 14.6. The third-order valence-electron chi connectivity index (χ3n) is 4.77. The van der Waals surface area contributed by atoms with E-state index < -0.39 is 5.97 Å². The molecule has 1 aromatic carbocycles. The molecule has 1 atom stereocenters. The maximum absolute atomic E-state index is 12.4. The van der Waals surface area contributed by atoms with Crippen LogP contribution in [0.3, 0.4) is 0 Å². The van der Waals surface area contributed by atoms with E-state index in [9.17, 15) is 9.59 Å². The van der Waals surface area contributed by atoms with Crippen LogP contribution in [0.1, 0.15) is 43.2 Å². The van der Waals surface area contributed by atoms with Gasteiger partial charge in [-0.1, -0.05) is 12.1 Å². The van der Waals surface area contributed by atoms with Crippen LogP contribution in [0.5, 0.6) is 5.75 Å². The van der Waals surface area contributed by atoms with Gasteiger partial charge < -0.3 is 14.7 Å². The molecule has 1 aliphatic heterocycles. The van der Waals surface area contributed by atoms with Crippen molar-refractivity contribution >= 4 is 11.9 Å². The van der Waals surface area contributed by atoms with Gasteiger partial charge in [-0.05, 0) is 56.2 Å². The lowest BCUT2D eigenvalue weighted by molar-refractivity contribution is -0.137. The van der Waals surface area contributed by atoms with Crippen LogP contribution in [0.4, 0.5) is 0 Å². The largest absolute Gasteiger partial charge is 0.493 e. The second-order valence-corrected chi connectivity index (χ2v) is 6.58. The second kappa shape index (κ2) is 8.71. The summed E-state index contributed by atoms with van der Waals surface area (Å²) in [6.45, 7) is 5.88. The zero-order valence-corrected chi connectivity index (χ0v) is 14.6. The predicted molar refractivity (Wildman–Crippen MR) is 92.2 cm³/mol. The molecule has 5 heteroatoms. The summed E-state index contributed by atoms with van der Waals surface area (Å²) in [6.07, 6.45) is 3.16. The summed E-state index contributed by atoms with van der Waals surface area (Å²) in [6, 6.07) is 5.92. The van der Waals surface area contributed by atoms with Crippen LogP contribution < -0.4 is 4.74 Å². The molecule has 1 fully saturated rings. The van der Waals surface area contributed by atoms with E-state index in [0.717, 1.165) is 30.7 Å². The van der Waals surface area contributed by atoms with Crippen LogP contribution in [-0.2, 0) is 9.59 Å². The maximum Gasteiger partial charge on any atom is 0.303 e. The highest BCUT2D eigenvalue weighted by molar-refractivity contribution is 5.76. The molecule has 1 saturated heterocycles. The molecule has 0 aliphatic carbocycles. The minimum absolute atomic E-state index is 0.0975. The second-order valence-electron chi connectivity index (χ2n) is 6.58. The number of benzene rings is 1. The Balaban J connectivity index is 1.77. The van der Waals surface area contributed by atoms with Gasteiger partial charge in [-0.3, -0.25) is 9.59 Å². The highest BCUT2D eigenvalue weighted by atomic mass is 16.5. The van der Waals surface area contributed by atoms with E-state index in [1.165, 1.54) is 5.56 Å².